The van der Waals surface area contributed by atoms with Crippen molar-refractivity contribution >= 4 is 41.0 Å². The van der Waals surface area contributed by atoms with E-state index in [1.807, 2.05) is 49.5 Å². The molecule has 0 atom stereocenters. The number of benzene rings is 3. The molecular weight excluding hydrogens is 511 g/mol. The first-order valence-electron chi connectivity index (χ1n) is 11.6. The Morgan fingerprint density at radius 2 is 1.70 bits per heavy atom. The molecule has 0 fully saturated rings. The average Bonchev–Trinajstić information content (AvgIpc) is 3.30. The predicted octanol–water partition coefficient (Wildman–Crippen LogP) is 5.88. The molecule has 0 radical (unpaired) electrons. The molecule has 4 aromatic rings. The summed E-state index contributed by atoms with van der Waals surface area (Å²) in [6, 6.07) is 21.9. The van der Waals surface area contributed by atoms with Gasteiger partial charge >= 0.3 is 0 Å². The smallest absolute Gasteiger partial charge is 0.255 e. The molecule has 3 aromatic carbocycles. The van der Waals surface area contributed by atoms with Gasteiger partial charge in [-0.2, -0.15) is 0 Å². The average molecular weight is 537 g/mol. The zero-order chi connectivity index (χ0) is 26.4. The van der Waals surface area contributed by atoms with E-state index in [4.69, 9.17) is 27.9 Å². The second-order valence-corrected chi connectivity index (χ2v) is 9.25. The number of aryl methyl sites for hydroxylation is 1. The lowest BCUT2D eigenvalue weighted by molar-refractivity contribution is -0.117. The summed E-state index contributed by atoms with van der Waals surface area (Å²) in [6.07, 6.45) is 1.85. The predicted molar refractivity (Wildman–Crippen MR) is 147 cm³/mol. The first kappa shape index (κ1) is 26.4. The molecule has 0 saturated carbocycles. The van der Waals surface area contributed by atoms with Gasteiger partial charge in [-0.05, 0) is 43.3 Å². The van der Waals surface area contributed by atoms with Gasteiger partial charge in [0.2, 0.25) is 11.9 Å². The quantitative estimate of drug-likeness (QED) is 0.289. The molecule has 37 heavy (non-hydrogen) atoms. The molecule has 2 amide bonds. The number of hydrogen-bond donors (Lipinski definition) is 1. The molecule has 0 saturated heterocycles. The third-order valence-corrected chi connectivity index (χ3v) is 6.28. The van der Waals surface area contributed by atoms with Crippen molar-refractivity contribution in [3.8, 4) is 16.9 Å². The first-order valence-corrected chi connectivity index (χ1v) is 12.4. The Bertz CT molecular complexity index is 1390. The number of nitrogens with zero attached hydrogens (tertiary/aromatic N) is 3. The summed E-state index contributed by atoms with van der Waals surface area (Å²) < 4.78 is 6.95. The van der Waals surface area contributed by atoms with Gasteiger partial charge in [-0.1, -0.05) is 65.2 Å². The number of amides is 2. The van der Waals surface area contributed by atoms with Crippen LogP contribution in [0.4, 0.5) is 5.95 Å². The fraction of sp³-hybridized carbons (Fsp3) is 0.179. The first-order chi connectivity index (χ1) is 17.9. The minimum Gasteiger partial charge on any atom is -0.383 e. The second kappa shape index (κ2) is 12.1. The molecule has 0 bridgehead atoms. The molecule has 7 nitrogen and oxygen atoms in total. The van der Waals surface area contributed by atoms with Gasteiger partial charge in [0.15, 0.2) is 0 Å². The van der Waals surface area contributed by atoms with E-state index in [0.29, 0.717) is 27.3 Å². The van der Waals surface area contributed by atoms with E-state index in [0.717, 1.165) is 16.8 Å². The van der Waals surface area contributed by atoms with Crippen LogP contribution in [0.1, 0.15) is 15.9 Å². The molecule has 4 rings (SSSR count). The fourth-order valence-corrected chi connectivity index (χ4v) is 4.07. The Kier molecular flexibility index (Phi) is 8.61. The molecule has 0 aliphatic heterocycles. The van der Waals surface area contributed by atoms with Crippen LogP contribution in [-0.2, 0) is 9.53 Å². The molecule has 1 aromatic heterocycles. The summed E-state index contributed by atoms with van der Waals surface area (Å²) in [6.45, 7) is 2.28. The van der Waals surface area contributed by atoms with E-state index in [-0.39, 0.29) is 25.6 Å². The van der Waals surface area contributed by atoms with Crippen LogP contribution in [0.2, 0.25) is 10.0 Å². The number of aromatic nitrogens is 2. The molecule has 1 N–H and O–H groups in total. The summed E-state index contributed by atoms with van der Waals surface area (Å²) in [4.78, 5) is 32.4. The van der Waals surface area contributed by atoms with Crippen molar-refractivity contribution in [1.82, 2.24) is 14.5 Å². The van der Waals surface area contributed by atoms with E-state index in [1.165, 1.54) is 12.0 Å². The monoisotopic (exact) mass is 536 g/mol. The molecular formula is C28H26Cl2N4O3. The Balaban J connectivity index is 1.61. The van der Waals surface area contributed by atoms with Crippen molar-refractivity contribution in [2.75, 3.05) is 32.1 Å². The minimum absolute atomic E-state index is 0.204. The lowest BCUT2D eigenvalue weighted by atomic mass is 10.2. The third kappa shape index (κ3) is 6.57. The van der Waals surface area contributed by atoms with Gasteiger partial charge in [0.1, 0.15) is 6.54 Å². The largest absolute Gasteiger partial charge is 0.383 e. The molecule has 0 spiro atoms. The maximum absolute atomic E-state index is 13.2. The summed E-state index contributed by atoms with van der Waals surface area (Å²) in [7, 11) is 1.54. The third-order valence-electron chi connectivity index (χ3n) is 5.70. The molecule has 0 unspecified atom stereocenters. The van der Waals surface area contributed by atoms with Crippen molar-refractivity contribution < 1.29 is 14.3 Å². The van der Waals surface area contributed by atoms with Crippen LogP contribution in [0.25, 0.3) is 16.9 Å². The zero-order valence-electron chi connectivity index (χ0n) is 20.4. The van der Waals surface area contributed by atoms with Gasteiger partial charge in [-0.25, -0.2) is 4.98 Å². The Hall–Kier alpha value is -3.65. The lowest BCUT2D eigenvalue weighted by Crippen LogP contribution is -2.40. The highest BCUT2D eigenvalue weighted by Gasteiger charge is 2.22. The van der Waals surface area contributed by atoms with E-state index < -0.39 is 5.91 Å². The van der Waals surface area contributed by atoms with Crippen LogP contribution in [0.3, 0.4) is 0 Å². The molecule has 0 aliphatic rings. The minimum atomic E-state index is -0.405. The zero-order valence-corrected chi connectivity index (χ0v) is 22.0. The number of hydrogen-bond acceptors (Lipinski definition) is 4. The summed E-state index contributed by atoms with van der Waals surface area (Å²) in [5.74, 6) is -0.435. The van der Waals surface area contributed by atoms with Crippen LogP contribution in [-0.4, -0.2) is 53.1 Å². The molecule has 0 aliphatic carbocycles. The maximum atomic E-state index is 13.2. The molecule has 1 heterocycles. The number of methoxy groups -OCH3 is 1. The summed E-state index contributed by atoms with van der Waals surface area (Å²) in [5, 5.41) is 3.81. The van der Waals surface area contributed by atoms with E-state index >= 15 is 0 Å². The van der Waals surface area contributed by atoms with Gasteiger partial charge in [0.25, 0.3) is 5.91 Å². The fourth-order valence-electron chi connectivity index (χ4n) is 3.73. The lowest BCUT2D eigenvalue weighted by Gasteiger charge is -2.22. The second-order valence-electron chi connectivity index (χ2n) is 8.41. The number of nitrogens with one attached hydrogen (secondary N) is 1. The van der Waals surface area contributed by atoms with Gasteiger partial charge in [0.05, 0.1) is 22.9 Å². The number of anilines is 1. The topological polar surface area (TPSA) is 76.5 Å². The van der Waals surface area contributed by atoms with Crippen molar-refractivity contribution in [3.05, 3.63) is 100 Å². The van der Waals surface area contributed by atoms with E-state index in [1.54, 1.807) is 41.0 Å². The van der Waals surface area contributed by atoms with Crippen LogP contribution in [0.15, 0.2) is 79.0 Å². The number of carbonyl (C=O) groups excluding carboxylic acids is 2. The highest BCUT2D eigenvalue weighted by molar-refractivity contribution is 6.33. The summed E-state index contributed by atoms with van der Waals surface area (Å²) in [5.41, 5.74) is 3.77. The standard InChI is InChI=1S/C28H26Cl2N4O3/c1-19-7-13-22(14-8-19)34-17-25(20-9-11-21(29)12-10-20)31-28(34)32-26(35)18-33(15-16-37-2)27(36)23-5-3-4-6-24(23)30/h3-14,17H,15-16,18H2,1-2H3,(H,31,32,35). The maximum Gasteiger partial charge on any atom is 0.255 e. The highest BCUT2D eigenvalue weighted by Crippen LogP contribution is 2.26. The van der Waals surface area contributed by atoms with Crippen molar-refractivity contribution in [1.29, 1.82) is 0 Å². The molecule has 190 valence electrons. The van der Waals surface area contributed by atoms with Gasteiger partial charge in [-0.15, -0.1) is 0 Å². The normalized spacial score (nSPS) is 10.8. The SMILES string of the molecule is COCCN(CC(=O)Nc1nc(-c2ccc(Cl)cc2)cn1-c1ccc(C)cc1)C(=O)c1ccccc1Cl. The van der Waals surface area contributed by atoms with Crippen LogP contribution < -0.4 is 5.32 Å². The van der Waals surface area contributed by atoms with Crippen LogP contribution in [0.5, 0.6) is 0 Å². The van der Waals surface area contributed by atoms with E-state index in [2.05, 4.69) is 10.3 Å². The Morgan fingerprint density at radius 1 is 1.00 bits per heavy atom. The highest BCUT2D eigenvalue weighted by atomic mass is 35.5. The number of rotatable bonds is 9. The van der Waals surface area contributed by atoms with Crippen molar-refractivity contribution in [3.63, 3.8) is 0 Å². The number of ether oxygens (including phenoxy) is 1. The number of carbonyl (C=O) groups is 2. The Morgan fingerprint density at radius 3 is 2.38 bits per heavy atom. The number of imidazole rings is 1. The van der Waals surface area contributed by atoms with Crippen molar-refractivity contribution in [2.24, 2.45) is 0 Å². The molecule has 9 heteroatoms. The van der Waals surface area contributed by atoms with Gasteiger partial charge < -0.3 is 9.64 Å². The van der Waals surface area contributed by atoms with Crippen molar-refractivity contribution in [2.45, 2.75) is 6.92 Å². The number of halogens is 2. The van der Waals surface area contributed by atoms with E-state index in [9.17, 15) is 9.59 Å². The van der Waals surface area contributed by atoms with Gasteiger partial charge in [0, 0.05) is 36.1 Å². The van der Waals surface area contributed by atoms with Crippen LogP contribution >= 0.6 is 23.2 Å². The van der Waals surface area contributed by atoms with Gasteiger partial charge in [-0.3, -0.25) is 19.5 Å². The Labute approximate surface area is 225 Å². The summed E-state index contributed by atoms with van der Waals surface area (Å²) >= 11 is 12.3. The van der Waals surface area contributed by atoms with Crippen LogP contribution in [0, 0.1) is 6.92 Å².